The van der Waals surface area contributed by atoms with Gasteiger partial charge in [0.15, 0.2) is 6.10 Å². The van der Waals surface area contributed by atoms with E-state index < -0.39 is 18.0 Å². The molecule has 1 heterocycles. The number of esters is 1. The van der Waals surface area contributed by atoms with Crippen molar-refractivity contribution in [2.45, 2.75) is 19.4 Å². The monoisotopic (exact) mass is 292 g/mol. The number of carbonyl (C=O) groups excluding carboxylic acids is 3. The number of carbonyl (C=O) groups is 3. The quantitative estimate of drug-likeness (QED) is 0.800. The number of anilines is 1. The molecule has 1 aromatic carbocycles. The van der Waals surface area contributed by atoms with Crippen molar-refractivity contribution in [3.63, 3.8) is 0 Å². The van der Waals surface area contributed by atoms with Crippen LogP contribution in [-0.4, -0.2) is 37.0 Å². The molecule has 0 radical (unpaired) electrons. The summed E-state index contributed by atoms with van der Waals surface area (Å²) in [6, 6.07) is 6.92. The van der Waals surface area contributed by atoms with Crippen molar-refractivity contribution in [1.82, 2.24) is 0 Å². The Kier molecular flexibility index (Phi) is 4.42. The number of nitrogens with two attached hydrogens (primary N) is 1. The van der Waals surface area contributed by atoms with Gasteiger partial charge in [0.05, 0.1) is 18.7 Å². The molecule has 0 aromatic heterocycles. The maximum Gasteiger partial charge on any atom is 0.326 e. The van der Waals surface area contributed by atoms with E-state index >= 15 is 0 Å². The third-order valence-corrected chi connectivity index (χ3v) is 3.03. The van der Waals surface area contributed by atoms with Crippen LogP contribution in [0.1, 0.15) is 13.3 Å². The lowest BCUT2D eigenvalue weighted by atomic mass is 10.2. The second-order valence-electron chi connectivity index (χ2n) is 4.58. The van der Waals surface area contributed by atoms with E-state index in [0.29, 0.717) is 11.4 Å². The van der Waals surface area contributed by atoms with Gasteiger partial charge in [0.2, 0.25) is 5.91 Å². The average molecular weight is 292 g/mol. The molecule has 0 fully saturated rings. The fraction of sp³-hybridized carbons (Fsp3) is 0.357. The summed E-state index contributed by atoms with van der Waals surface area (Å²) in [5.41, 5.74) is 5.53. The highest BCUT2D eigenvalue weighted by molar-refractivity contribution is 5.99. The van der Waals surface area contributed by atoms with Crippen LogP contribution >= 0.6 is 0 Å². The van der Waals surface area contributed by atoms with Crippen LogP contribution < -0.4 is 15.4 Å². The SMILES string of the molecule is C[C@@H](OC(=O)CN1C(=O)CCOc2ccccc21)C(N)=O. The first kappa shape index (κ1) is 14.8. The fourth-order valence-electron chi connectivity index (χ4n) is 1.91. The van der Waals surface area contributed by atoms with Gasteiger partial charge >= 0.3 is 5.97 Å². The molecule has 0 aliphatic carbocycles. The molecule has 2 amide bonds. The minimum atomic E-state index is -1.04. The summed E-state index contributed by atoms with van der Waals surface area (Å²) in [6.07, 6.45) is -0.876. The number of ether oxygens (including phenoxy) is 2. The van der Waals surface area contributed by atoms with Gasteiger partial charge in [-0.2, -0.15) is 0 Å². The molecule has 0 saturated carbocycles. The Labute approximate surface area is 121 Å². The van der Waals surface area contributed by atoms with E-state index in [2.05, 4.69) is 0 Å². The van der Waals surface area contributed by atoms with Gasteiger partial charge in [0.25, 0.3) is 5.91 Å². The molecule has 1 atom stereocenters. The van der Waals surface area contributed by atoms with Crippen LogP contribution in [0, 0.1) is 0 Å². The molecule has 0 unspecified atom stereocenters. The minimum Gasteiger partial charge on any atom is -0.491 e. The maximum atomic E-state index is 12.1. The van der Waals surface area contributed by atoms with Crippen molar-refractivity contribution >= 4 is 23.5 Å². The van der Waals surface area contributed by atoms with E-state index in [0.717, 1.165) is 0 Å². The predicted octanol–water partition coefficient (Wildman–Crippen LogP) is 0.219. The maximum absolute atomic E-state index is 12.1. The zero-order valence-corrected chi connectivity index (χ0v) is 11.6. The Hall–Kier alpha value is -2.57. The summed E-state index contributed by atoms with van der Waals surface area (Å²) < 4.78 is 10.3. The normalized spacial score (nSPS) is 15.5. The van der Waals surface area contributed by atoms with Crippen molar-refractivity contribution in [2.75, 3.05) is 18.1 Å². The van der Waals surface area contributed by atoms with E-state index in [1.54, 1.807) is 24.3 Å². The van der Waals surface area contributed by atoms with Gasteiger partial charge in [0.1, 0.15) is 12.3 Å². The van der Waals surface area contributed by atoms with Crippen molar-refractivity contribution in [3.05, 3.63) is 24.3 Å². The van der Waals surface area contributed by atoms with Gasteiger partial charge in [-0.1, -0.05) is 12.1 Å². The lowest BCUT2D eigenvalue weighted by Gasteiger charge is -2.21. The molecular weight excluding hydrogens is 276 g/mol. The predicted molar refractivity (Wildman–Crippen MR) is 73.7 cm³/mol. The van der Waals surface area contributed by atoms with Crippen molar-refractivity contribution in [2.24, 2.45) is 5.73 Å². The van der Waals surface area contributed by atoms with Crippen LogP contribution in [0.4, 0.5) is 5.69 Å². The summed E-state index contributed by atoms with van der Waals surface area (Å²) in [4.78, 5) is 36.1. The number of para-hydroxylation sites is 2. The second kappa shape index (κ2) is 6.25. The summed E-state index contributed by atoms with van der Waals surface area (Å²) in [5.74, 6) is -1.16. The average Bonchev–Trinajstić information content (AvgIpc) is 2.59. The van der Waals surface area contributed by atoms with Gasteiger partial charge in [-0.05, 0) is 19.1 Å². The van der Waals surface area contributed by atoms with Crippen LogP contribution in [0.2, 0.25) is 0 Å². The summed E-state index contributed by atoms with van der Waals surface area (Å²) in [5, 5.41) is 0. The zero-order valence-electron chi connectivity index (χ0n) is 11.6. The first-order valence-corrected chi connectivity index (χ1v) is 6.50. The van der Waals surface area contributed by atoms with Gasteiger partial charge < -0.3 is 15.2 Å². The van der Waals surface area contributed by atoms with Crippen LogP contribution in [0.25, 0.3) is 0 Å². The number of amides is 2. The highest BCUT2D eigenvalue weighted by atomic mass is 16.5. The molecule has 112 valence electrons. The number of primary amides is 1. The van der Waals surface area contributed by atoms with E-state index in [4.69, 9.17) is 15.2 Å². The topological polar surface area (TPSA) is 98.9 Å². The van der Waals surface area contributed by atoms with Gasteiger partial charge in [-0.15, -0.1) is 0 Å². The molecule has 1 aromatic rings. The van der Waals surface area contributed by atoms with Crippen LogP contribution in [0.15, 0.2) is 24.3 Å². The van der Waals surface area contributed by atoms with E-state index in [-0.39, 0.29) is 25.5 Å². The minimum absolute atomic E-state index is 0.160. The lowest BCUT2D eigenvalue weighted by molar-refractivity contribution is -0.152. The molecular formula is C14H16N2O5. The third kappa shape index (κ3) is 3.50. The number of hydrogen-bond donors (Lipinski definition) is 1. The highest BCUT2D eigenvalue weighted by Crippen LogP contribution is 2.30. The van der Waals surface area contributed by atoms with Crippen LogP contribution in [0.3, 0.4) is 0 Å². The Morgan fingerprint density at radius 3 is 2.86 bits per heavy atom. The van der Waals surface area contributed by atoms with Gasteiger partial charge in [0, 0.05) is 0 Å². The standard InChI is InChI=1S/C14H16N2O5/c1-9(14(15)19)21-13(18)8-16-10-4-2-3-5-11(10)20-7-6-12(16)17/h2-5,9H,6-8H2,1H3,(H2,15,19)/t9-/m1/s1. The first-order valence-electron chi connectivity index (χ1n) is 6.50. The molecule has 21 heavy (non-hydrogen) atoms. The van der Waals surface area contributed by atoms with Crippen LogP contribution in [0.5, 0.6) is 5.75 Å². The molecule has 0 bridgehead atoms. The van der Waals surface area contributed by atoms with Gasteiger partial charge in [-0.25, -0.2) is 0 Å². The van der Waals surface area contributed by atoms with Crippen molar-refractivity contribution in [1.29, 1.82) is 0 Å². The Morgan fingerprint density at radius 2 is 2.14 bits per heavy atom. The second-order valence-corrected chi connectivity index (χ2v) is 4.58. The molecule has 7 heteroatoms. The largest absolute Gasteiger partial charge is 0.491 e. The molecule has 0 spiro atoms. The van der Waals surface area contributed by atoms with Crippen molar-refractivity contribution in [3.8, 4) is 5.75 Å². The Bertz CT molecular complexity index is 572. The summed E-state index contributed by atoms with van der Waals surface area (Å²) in [7, 11) is 0. The molecule has 1 aliphatic rings. The zero-order chi connectivity index (χ0) is 15.4. The molecule has 2 rings (SSSR count). The number of benzene rings is 1. The van der Waals surface area contributed by atoms with E-state index in [1.807, 2.05) is 0 Å². The van der Waals surface area contributed by atoms with E-state index in [9.17, 15) is 14.4 Å². The number of rotatable bonds is 4. The molecule has 2 N–H and O–H groups in total. The third-order valence-electron chi connectivity index (χ3n) is 3.03. The molecule has 7 nitrogen and oxygen atoms in total. The highest BCUT2D eigenvalue weighted by Gasteiger charge is 2.26. The lowest BCUT2D eigenvalue weighted by Crippen LogP contribution is -2.39. The van der Waals surface area contributed by atoms with Crippen molar-refractivity contribution < 1.29 is 23.9 Å². The molecule has 1 aliphatic heterocycles. The first-order chi connectivity index (χ1) is 9.99. The van der Waals surface area contributed by atoms with Crippen LogP contribution in [-0.2, 0) is 19.1 Å². The Balaban J connectivity index is 2.15. The summed E-state index contributed by atoms with van der Waals surface area (Å²) >= 11 is 0. The number of nitrogens with zero attached hydrogens (tertiary/aromatic N) is 1. The Morgan fingerprint density at radius 1 is 1.43 bits per heavy atom. The fourth-order valence-corrected chi connectivity index (χ4v) is 1.91. The number of hydrogen-bond acceptors (Lipinski definition) is 5. The smallest absolute Gasteiger partial charge is 0.326 e. The number of fused-ring (bicyclic) bond motifs is 1. The van der Waals surface area contributed by atoms with E-state index in [1.165, 1.54) is 11.8 Å². The molecule has 0 saturated heterocycles. The summed E-state index contributed by atoms with van der Waals surface area (Å²) in [6.45, 7) is 1.33. The van der Waals surface area contributed by atoms with Gasteiger partial charge in [-0.3, -0.25) is 19.3 Å².